The molecule has 3 aromatic rings. The zero-order valence-electron chi connectivity index (χ0n) is 17.3. The van der Waals surface area contributed by atoms with E-state index in [4.69, 9.17) is 4.74 Å². The number of carbonyl (C=O) groups is 1. The molecule has 32 heavy (non-hydrogen) atoms. The van der Waals surface area contributed by atoms with Crippen LogP contribution in [0.4, 0.5) is 11.4 Å². The van der Waals surface area contributed by atoms with Gasteiger partial charge in [-0.2, -0.15) is 0 Å². The van der Waals surface area contributed by atoms with Gasteiger partial charge in [0.2, 0.25) is 0 Å². The highest BCUT2D eigenvalue weighted by atomic mass is 16.6. The van der Waals surface area contributed by atoms with Crippen molar-refractivity contribution in [3.63, 3.8) is 0 Å². The van der Waals surface area contributed by atoms with Gasteiger partial charge in [0.15, 0.2) is 6.61 Å². The first-order valence-corrected chi connectivity index (χ1v) is 9.52. The van der Waals surface area contributed by atoms with Crippen molar-refractivity contribution in [3.8, 4) is 5.75 Å². The fourth-order valence-corrected chi connectivity index (χ4v) is 2.82. The molecule has 0 saturated heterocycles. The average Bonchev–Trinajstić information content (AvgIpc) is 2.73. The van der Waals surface area contributed by atoms with Gasteiger partial charge in [-0.3, -0.25) is 24.7 Å². The topological polar surface area (TPSA) is 147 Å². The summed E-state index contributed by atoms with van der Waals surface area (Å²) in [5, 5.41) is 13.8. The lowest BCUT2D eigenvalue weighted by molar-refractivity contribution is -0.386. The second-order valence-electron chi connectivity index (χ2n) is 6.97. The number of hydrogen-bond acceptors (Lipinski definition) is 6. The Morgan fingerprint density at radius 2 is 1.78 bits per heavy atom. The van der Waals surface area contributed by atoms with E-state index in [9.17, 15) is 24.5 Å². The van der Waals surface area contributed by atoms with Gasteiger partial charge in [0, 0.05) is 5.69 Å². The van der Waals surface area contributed by atoms with Crippen molar-refractivity contribution in [1.82, 2.24) is 9.97 Å². The zero-order chi connectivity index (χ0) is 23.3. The number of aromatic amines is 2. The summed E-state index contributed by atoms with van der Waals surface area (Å²) < 4.78 is 5.48. The number of amides is 1. The Kier molecular flexibility index (Phi) is 6.64. The summed E-state index contributed by atoms with van der Waals surface area (Å²) in [6, 6.07) is 12.2. The molecule has 0 aliphatic rings. The third-order valence-electron chi connectivity index (χ3n) is 4.61. The predicted molar refractivity (Wildman–Crippen MR) is 120 cm³/mol. The number of nitro groups is 1. The maximum absolute atomic E-state index is 12.1. The Balaban J connectivity index is 1.62. The van der Waals surface area contributed by atoms with Crippen LogP contribution in [0.15, 0.2) is 52.1 Å². The quantitative estimate of drug-likeness (QED) is 0.383. The van der Waals surface area contributed by atoms with Gasteiger partial charge in [0.1, 0.15) is 11.4 Å². The van der Waals surface area contributed by atoms with E-state index in [1.165, 1.54) is 12.2 Å². The van der Waals surface area contributed by atoms with Gasteiger partial charge in [-0.15, -0.1) is 0 Å². The van der Waals surface area contributed by atoms with Crippen LogP contribution in [0.2, 0.25) is 0 Å². The van der Waals surface area contributed by atoms with Crippen LogP contribution < -0.4 is 21.3 Å². The summed E-state index contributed by atoms with van der Waals surface area (Å²) in [6.45, 7) is 3.77. The van der Waals surface area contributed by atoms with E-state index >= 15 is 0 Å². The SMILES string of the molecule is Cc1ccc(NC(=O)COc2ccc(/C=C/c3[nH]c(=O)[nH]c(=O)c3[N+](=O)[O-])cc2)cc1C. The molecule has 0 fully saturated rings. The molecule has 1 amide bonds. The van der Waals surface area contributed by atoms with Crippen LogP contribution in [0.1, 0.15) is 22.4 Å². The minimum Gasteiger partial charge on any atom is -0.484 e. The summed E-state index contributed by atoms with van der Waals surface area (Å²) >= 11 is 0. The van der Waals surface area contributed by atoms with E-state index in [0.717, 1.165) is 11.1 Å². The van der Waals surface area contributed by atoms with Crippen molar-refractivity contribution in [2.45, 2.75) is 13.8 Å². The predicted octanol–water partition coefficient (Wildman–Crippen LogP) is 2.78. The van der Waals surface area contributed by atoms with Gasteiger partial charge in [-0.05, 0) is 60.9 Å². The van der Waals surface area contributed by atoms with Crippen molar-refractivity contribution < 1.29 is 14.5 Å². The number of benzene rings is 2. The smallest absolute Gasteiger partial charge is 0.357 e. The molecule has 10 heteroatoms. The number of rotatable bonds is 7. The molecular weight excluding hydrogens is 416 g/mol. The Bertz CT molecular complexity index is 1310. The van der Waals surface area contributed by atoms with E-state index in [-0.39, 0.29) is 18.2 Å². The Morgan fingerprint density at radius 1 is 1.06 bits per heavy atom. The number of H-pyrrole nitrogens is 2. The average molecular weight is 436 g/mol. The van der Waals surface area contributed by atoms with E-state index < -0.39 is 21.9 Å². The van der Waals surface area contributed by atoms with Crippen molar-refractivity contribution in [2.75, 3.05) is 11.9 Å². The molecule has 0 atom stereocenters. The van der Waals surface area contributed by atoms with Crippen LogP contribution in [0.5, 0.6) is 5.75 Å². The number of anilines is 1. The van der Waals surface area contributed by atoms with E-state index in [1.807, 2.05) is 37.0 Å². The highest BCUT2D eigenvalue weighted by molar-refractivity contribution is 5.92. The second kappa shape index (κ2) is 9.56. The third kappa shape index (κ3) is 5.57. The molecular formula is C22H20N4O6. The molecule has 0 aliphatic heterocycles. The molecule has 0 aliphatic carbocycles. The first-order valence-electron chi connectivity index (χ1n) is 9.52. The lowest BCUT2D eigenvalue weighted by Gasteiger charge is -2.09. The molecule has 3 N–H and O–H groups in total. The Labute approximate surface area is 181 Å². The molecule has 0 saturated carbocycles. The standard InChI is InChI=1S/C22H20N4O6/c1-13-3-7-16(11-14(13)2)23-19(27)12-32-17-8-4-15(5-9-17)6-10-18-20(26(30)31)21(28)25-22(29)24-18/h3-11H,12H2,1-2H3,(H,23,27)(H2,24,25,28,29)/b10-6+. The number of nitrogens with zero attached hydrogens (tertiary/aromatic N) is 1. The summed E-state index contributed by atoms with van der Waals surface area (Å²) in [4.78, 5) is 49.4. The molecule has 10 nitrogen and oxygen atoms in total. The van der Waals surface area contributed by atoms with Gasteiger partial charge in [-0.1, -0.05) is 24.3 Å². The van der Waals surface area contributed by atoms with Crippen LogP contribution in [-0.4, -0.2) is 27.4 Å². The fourth-order valence-electron chi connectivity index (χ4n) is 2.82. The number of aromatic nitrogens is 2. The number of ether oxygens (including phenoxy) is 1. The lowest BCUT2D eigenvalue weighted by atomic mass is 10.1. The molecule has 0 spiro atoms. The first-order chi connectivity index (χ1) is 15.2. The van der Waals surface area contributed by atoms with Crippen LogP contribution in [0.3, 0.4) is 0 Å². The molecule has 0 radical (unpaired) electrons. The molecule has 3 rings (SSSR count). The molecule has 1 heterocycles. The summed E-state index contributed by atoms with van der Waals surface area (Å²) in [6.07, 6.45) is 2.76. The van der Waals surface area contributed by atoms with Crippen LogP contribution >= 0.6 is 0 Å². The Morgan fingerprint density at radius 3 is 2.44 bits per heavy atom. The van der Waals surface area contributed by atoms with E-state index in [1.54, 1.807) is 24.3 Å². The lowest BCUT2D eigenvalue weighted by Crippen LogP contribution is -2.25. The molecule has 0 unspecified atom stereocenters. The van der Waals surface area contributed by atoms with Crippen molar-refractivity contribution in [1.29, 1.82) is 0 Å². The molecule has 2 aromatic carbocycles. The van der Waals surface area contributed by atoms with Crippen molar-refractivity contribution >= 4 is 29.4 Å². The molecule has 164 valence electrons. The number of carbonyl (C=O) groups excluding carboxylic acids is 1. The zero-order valence-corrected chi connectivity index (χ0v) is 17.3. The van der Waals surface area contributed by atoms with Crippen molar-refractivity contribution in [2.24, 2.45) is 0 Å². The number of nitrogens with one attached hydrogen (secondary N) is 3. The minimum atomic E-state index is -1.08. The summed E-state index contributed by atoms with van der Waals surface area (Å²) in [5.41, 5.74) is 0.628. The minimum absolute atomic E-state index is 0.178. The highest BCUT2D eigenvalue weighted by Crippen LogP contribution is 2.17. The second-order valence-corrected chi connectivity index (χ2v) is 6.97. The van der Waals surface area contributed by atoms with E-state index in [0.29, 0.717) is 17.0 Å². The van der Waals surface area contributed by atoms with Gasteiger partial charge in [-0.25, -0.2) is 4.79 Å². The maximum Gasteiger partial charge on any atom is 0.357 e. The normalized spacial score (nSPS) is 10.8. The van der Waals surface area contributed by atoms with E-state index in [2.05, 4.69) is 10.3 Å². The van der Waals surface area contributed by atoms with Gasteiger partial charge in [0.05, 0.1) is 4.92 Å². The van der Waals surface area contributed by atoms with Gasteiger partial charge >= 0.3 is 16.9 Å². The summed E-state index contributed by atoms with van der Waals surface area (Å²) in [5.74, 6) is 0.149. The Hall–Kier alpha value is -4.47. The summed E-state index contributed by atoms with van der Waals surface area (Å²) in [7, 11) is 0. The molecule has 0 bridgehead atoms. The van der Waals surface area contributed by atoms with Gasteiger partial charge in [0.25, 0.3) is 5.91 Å². The number of aryl methyl sites for hydroxylation is 2. The third-order valence-corrected chi connectivity index (χ3v) is 4.61. The highest BCUT2D eigenvalue weighted by Gasteiger charge is 2.18. The fraction of sp³-hybridized carbons (Fsp3) is 0.136. The number of hydrogen-bond donors (Lipinski definition) is 3. The first kappa shape index (κ1) is 22.2. The van der Waals surface area contributed by atoms with Crippen LogP contribution in [0, 0.1) is 24.0 Å². The maximum atomic E-state index is 12.1. The van der Waals surface area contributed by atoms with Gasteiger partial charge < -0.3 is 15.0 Å². The van der Waals surface area contributed by atoms with Crippen LogP contribution in [0.25, 0.3) is 12.2 Å². The monoisotopic (exact) mass is 436 g/mol. The largest absolute Gasteiger partial charge is 0.484 e. The molecule has 1 aromatic heterocycles. The van der Waals surface area contributed by atoms with Crippen LogP contribution in [-0.2, 0) is 4.79 Å². The van der Waals surface area contributed by atoms with Crippen molar-refractivity contribution in [3.05, 3.63) is 95.8 Å².